The van der Waals surface area contributed by atoms with Crippen molar-refractivity contribution in [3.63, 3.8) is 0 Å². The third kappa shape index (κ3) is 3.79. The van der Waals surface area contributed by atoms with Gasteiger partial charge in [-0.3, -0.25) is 9.69 Å². The third-order valence-electron chi connectivity index (χ3n) is 6.17. The average molecular weight is 494 g/mol. The fourth-order valence-corrected chi connectivity index (χ4v) is 6.23. The highest BCUT2D eigenvalue weighted by Gasteiger charge is 2.59. The van der Waals surface area contributed by atoms with Gasteiger partial charge in [-0.2, -0.15) is 0 Å². The van der Waals surface area contributed by atoms with Crippen LogP contribution in [-0.2, 0) is 16.2 Å². The van der Waals surface area contributed by atoms with Gasteiger partial charge < -0.3 is 15.0 Å². The number of methoxy groups -OCH3 is 1. The maximum atomic E-state index is 14.1. The monoisotopic (exact) mass is 493 g/mol. The molecule has 3 amide bonds. The lowest BCUT2D eigenvalue weighted by Crippen LogP contribution is -2.51. The number of rotatable bonds is 4. The first-order valence-electron chi connectivity index (χ1n) is 11.0. The molecule has 0 aromatic heterocycles. The number of hydrogen-bond donors (Lipinski definition) is 1. The highest BCUT2D eigenvalue weighted by molar-refractivity contribution is 8.01. The molecule has 8 heteroatoms. The van der Waals surface area contributed by atoms with Gasteiger partial charge in [0.05, 0.1) is 19.3 Å². The van der Waals surface area contributed by atoms with E-state index in [1.807, 2.05) is 37.3 Å². The van der Waals surface area contributed by atoms with Crippen LogP contribution in [0.4, 0.5) is 16.2 Å². The summed E-state index contributed by atoms with van der Waals surface area (Å²) < 4.78 is 5.19. The maximum absolute atomic E-state index is 14.1. The Morgan fingerprint density at radius 1 is 1.15 bits per heavy atom. The smallest absolute Gasteiger partial charge is 0.323 e. The number of benzene rings is 3. The molecule has 2 aliphatic heterocycles. The van der Waals surface area contributed by atoms with Crippen LogP contribution in [0.25, 0.3) is 0 Å². The van der Waals surface area contributed by atoms with Crippen LogP contribution in [0, 0.1) is 6.92 Å². The second kappa shape index (κ2) is 8.89. The van der Waals surface area contributed by atoms with Crippen molar-refractivity contribution in [2.24, 2.45) is 0 Å². The fraction of sp³-hybridized carbons (Fsp3) is 0.231. The molecule has 0 radical (unpaired) electrons. The summed E-state index contributed by atoms with van der Waals surface area (Å²) in [5.41, 5.74) is 4.33. The van der Waals surface area contributed by atoms with Gasteiger partial charge in [0, 0.05) is 28.6 Å². The lowest BCUT2D eigenvalue weighted by molar-refractivity contribution is -0.123. The second-order valence-corrected chi connectivity index (χ2v) is 10.1. The minimum Gasteiger partial charge on any atom is -0.497 e. The summed E-state index contributed by atoms with van der Waals surface area (Å²) in [4.78, 5) is 29.8. The molecule has 2 aliphatic rings. The van der Waals surface area contributed by atoms with Gasteiger partial charge in [-0.15, -0.1) is 11.8 Å². The topological polar surface area (TPSA) is 61.9 Å². The molecular weight excluding hydrogens is 470 g/mol. The number of nitrogens with zero attached hydrogens (tertiary/aromatic N) is 2. The number of aryl methyl sites for hydroxylation is 1. The van der Waals surface area contributed by atoms with Crippen LogP contribution in [0.1, 0.15) is 16.7 Å². The molecule has 0 bridgehead atoms. The van der Waals surface area contributed by atoms with E-state index in [2.05, 4.69) is 11.4 Å². The quantitative estimate of drug-likeness (QED) is 0.511. The van der Waals surface area contributed by atoms with Gasteiger partial charge in [-0.1, -0.05) is 41.4 Å². The zero-order valence-electron chi connectivity index (χ0n) is 18.9. The van der Waals surface area contributed by atoms with Crippen molar-refractivity contribution in [2.75, 3.05) is 29.6 Å². The van der Waals surface area contributed by atoms with E-state index in [0.29, 0.717) is 35.3 Å². The summed E-state index contributed by atoms with van der Waals surface area (Å²) in [5, 5.41) is 3.47. The van der Waals surface area contributed by atoms with Crippen LogP contribution < -0.4 is 15.0 Å². The Morgan fingerprint density at radius 3 is 2.68 bits per heavy atom. The zero-order chi connectivity index (χ0) is 23.9. The second-order valence-electron chi connectivity index (χ2n) is 8.34. The van der Waals surface area contributed by atoms with Crippen molar-refractivity contribution in [1.29, 1.82) is 0 Å². The molecule has 34 heavy (non-hydrogen) atoms. The summed E-state index contributed by atoms with van der Waals surface area (Å²) in [7, 11) is 1.59. The number of hydrogen-bond acceptors (Lipinski definition) is 4. The molecule has 5 rings (SSSR count). The Hall–Kier alpha value is -3.16. The molecule has 2 heterocycles. The molecule has 1 unspecified atom stereocenters. The molecule has 0 aliphatic carbocycles. The highest BCUT2D eigenvalue weighted by atomic mass is 35.5. The van der Waals surface area contributed by atoms with E-state index < -0.39 is 4.87 Å². The van der Waals surface area contributed by atoms with Gasteiger partial charge in [0.25, 0.3) is 5.91 Å². The summed E-state index contributed by atoms with van der Waals surface area (Å²) in [6.45, 7) is 2.90. The van der Waals surface area contributed by atoms with E-state index in [9.17, 15) is 9.59 Å². The molecule has 3 aromatic carbocycles. The summed E-state index contributed by atoms with van der Waals surface area (Å²) in [6.07, 6.45) is 0. The van der Waals surface area contributed by atoms with E-state index in [4.69, 9.17) is 16.3 Å². The average Bonchev–Trinajstić information content (AvgIpc) is 3.37. The number of anilines is 2. The Kier molecular flexibility index (Phi) is 5.91. The van der Waals surface area contributed by atoms with E-state index in [0.717, 1.165) is 22.4 Å². The fourth-order valence-electron chi connectivity index (χ4n) is 4.60. The number of halogens is 1. The first-order valence-corrected chi connectivity index (χ1v) is 12.3. The van der Waals surface area contributed by atoms with E-state index in [1.165, 1.54) is 11.8 Å². The van der Waals surface area contributed by atoms with Gasteiger partial charge in [0.15, 0.2) is 4.87 Å². The summed E-state index contributed by atoms with van der Waals surface area (Å²) >= 11 is 7.85. The van der Waals surface area contributed by atoms with Gasteiger partial charge in [-0.05, 0) is 55.0 Å². The van der Waals surface area contributed by atoms with Crippen LogP contribution >= 0.6 is 23.4 Å². The van der Waals surface area contributed by atoms with E-state index >= 15 is 0 Å². The predicted molar refractivity (Wildman–Crippen MR) is 137 cm³/mol. The zero-order valence-corrected chi connectivity index (χ0v) is 20.4. The molecule has 1 N–H and O–H groups in total. The minimum atomic E-state index is -1.15. The molecule has 1 spiro atoms. The molecule has 1 fully saturated rings. The van der Waals surface area contributed by atoms with Crippen molar-refractivity contribution in [3.8, 4) is 5.75 Å². The van der Waals surface area contributed by atoms with Crippen molar-refractivity contribution < 1.29 is 14.3 Å². The van der Waals surface area contributed by atoms with Crippen LogP contribution in [0.5, 0.6) is 5.75 Å². The Bertz CT molecular complexity index is 1270. The first kappa shape index (κ1) is 22.6. The van der Waals surface area contributed by atoms with Crippen molar-refractivity contribution in [1.82, 2.24) is 4.90 Å². The lowest BCUT2D eigenvalue weighted by atomic mass is 10.1. The third-order valence-corrected chi connectivity index (χ3v) is 7.82. The molecule has 3 aromatic rings. The summed E-state index contributed by atoms with van der Waals surface area (Å²) in [6, 6.07) is 20.4. The maximum Gasteiger partial charge on any atom is 0.323 e. The molecule has 1 saturated heterocycles. The van der Waals surface area contributed by atoms with Crippen LogP contribution in [0.3, 0.4) is 0 Å². The number of carbonyl (C=O) groups excluding carboxylic acids is 2. The van der Waals surface area contributed by atoms with Gasteiger partial charge in [-0.25, -0.2) is 4.79 Å². The number of carbonyl (C=O) groups is 2. The molecule has 0 saturated carbocycles. The Labute approximate surface area is 207 Å². The van der Waals surface area contributed by atoms with Gasteiger partial charge in [0.2, 0.25) is 0 Å². The first-order chi connectivity index (χ1) is 16.4. The van der Waals surface area contributed by atoms with E-state index in [1.54, 1.807) is 47.2 Å². The van der Waals surface area contributed by atoms with E-state index in [-0.39, 0.29) is 11.9 Å². The molecular formula is C26H24ClN3O3S. The SMILES string of the molecule is COc1ccc(NC(=O)N2CCSC23C(=O)N(Cc2cccc(C)c2)c2ccc(Cl)cc23)cc1. The molecule has 1 atom stereocenters. The number of nitrogens with one attached hydrogen (secondary N) is 1. The largest absolute Gasteiger partial charge is 0.497 e. The van der Waals surface area contributed by atoms with Crippen molar-refractivity contribution >= 4 is 46.7 Å². The normalized spacial score (nSPS) is 19.0. The van der Waals surface area contributed by atoms with Crippen LogP contribution in [0.2, 0.25) is 5.02 Å². The number of fused-ring (bicyclic) bond motifs is 2. The Balaban J connectivity index is 1.50. The lowest BCUT2D eigenvalue weighted by Gasteiger charge is -2.33. The van der Waals surface area contributed by atoms with Crippen LogP contribution in [-0.4, -0.2) is 36.2 Å². The van der Waals surface area contributed by atoms with Crippen LogP contribution in [0.15, 0.2) is 66.7 Å². The Morgan fingerprint density at radius 2 is 1.94 bits per heavy atom. The van der Waals surface area contributed by atoms with Gasteiger partial charge >= 0.3 is 6.03 Å². The van der Waals surface area contributed by atoms with Gasteiger partial charge in [0.1, 0.15) is 5.75 Å². The predicted octanol–water partition coefficient (Wildman–Crippen LogP) is 5.64. The standard InChI is InChI=1S/C26H24ClN3O3S/c1-17-4-3-5-18(14-17)16-29-23-11-6-19(27)15-22(23)26(24(29)31)30(12-13-34-26)25(32)28-20-7-9-21(33-2)10-8-20/h3-11,14-15H,12-13,16H2,1-2H3,(H,28,32). The number of thioether (sulfide) groups is 1. The molecule has 6 nitrogen and oxygen atoms in total. The number of amides is 3. The van der Waals surface area contributed by atoms with Crippen molar-refractivity contribution in [3.05, 3.63) is 88.4 Å². The molecule has 174 valence electrons. The highest BCUT2D eigenvalue weighted by Crippen LogP contribution is 2.55. The minimum absolute atomic E-state index is 0.126. The summed E-state index contributed by atoms with van der Waals surface area (Å²) in [5.74, 6) is 1.22. The van der Waals surface area contributed by atoms with Crippen molar-refractivity contribution in [2.45, 2.75) is 18.3 Å². The number of ether oxygens (including phenoxy) is 1. The number of urea groups is 1.